The summed E-state index contributed by atoms with van der Waals surface area (Å²) in [6, 6.07) is 22.6. The number of methoxy groups -OCH3 is 2. The van der Waals surface area contributed by atoms with E-state index in [1.807, 2.05) is 36.4 Å². The number of benzene rings is 3. The van der Waals surface area contributed by atoms with Gasteiger partial charge in [-0.3, -0.25) is 9.59 Å². The number of halogens is 1. The third-order valence-electron chi connectivity index (χ3n) is 6.17. The first-order valence-electron chi connectivity index (χ1n) is 11.5. The number of carbonyl (C=O) groups is 3. The second-order valence-corrected chi connectivity index (χ2v) is 8.98. The summed E-state index contributed by atoms with van der Waals surface area (Å²) >= 11 is 6.45. The van der Waals surface area contributed by atoms with Gasteiger partial charge in [0.05, 0.1) is 19.7 Å². The highest BCUT2D eigenvalue weighted by Gasteiger charge is 2.44. The summed E-state index contributed by atoms with van der Waals surface area (Å²) < 4.78 is 10.2. The van der Waals surface area contributed by atoms with Crippen LogP contribution in [-0.4, -0.2) is 36.7 Å². The molecule has 0 aliphatic heterocycles. The number of rotatable bonds is 9. The van der Waals surface area contributed by atoms with Crippen LogP contribution in [0.4, 0.5) is 0 Å². The molecule has 7 nitrogen and oxygen atoms in total. The second kappa shape index (κ2) is 10.9. The normalized spacial score (nSPS) is 11.2. The Morgan fingerprint density at radius 2 is 1.41 bits per heavy atom. The maximum atomic E-state index is 13.9. The summed E-state index contributed by atoms with van der Waals surface area (Å²) in [5, 5.41) is 0.624. The first-order valence-corrected chi connectivity index (χ1v) is 11.9. The van der Waals surface area contributed by atoms with Crippen molar-refractivity contribution in [2.45, 2.75) is 18.4 Å². The van der Waals surface area contributed by atoms with E-state index in [2.05, 4.69) is 4.98 Å². The van der Waals surface area contributed by atoms with E-state index in [9.17, 15) is 14.4 Å². The van der Waals surface area contributed by atoms with Crippen LogP contribution in [0.2, 0.25) is 5.02 Å². The maximum Gasteiger partial charge on any atom is 0.343 e. The molecule has 2 N–H and O–H groups in total. The molecule has 0 amide bonds. The van der Waals surface area contributed by atoms with Crippen LogP contribution in [-0.2, 0) is 32.7 Å². The van der Waals surface area contributed by atoms with Gasteiger partial charge in [0.15, 0.2) is 17.1 Å². The van der Waals surface area contributed by atoms with E-state index in [1.165, 1.54) is 26.4 Å². The van der Waals surface area contributed by atoms with Crippen molar-refractivity contribution < 1.29 is 23.9 Å². The number of aromatic nitrogens is 1. The van der Waals surface area contributed by atoms with Crippen LogP contribution in [0.3, 0.4) is 0 Å². The fourth-order valence-corrected chi connectivity index (χ4v) is 4.47. The summed E-state index contributed by atoms with van der Waals surface area (Å²) in [4.78, 5) is 44.6. The molecule has 3 aromatic carbocycles. The van der Waals surface area contributed by atoms with E-state index in [1.54, 1.807) is 30.3 Å². The third-order valence-corrected chi connectivity index (χ3v) is 6.38. The Morgan fingerprint density at radius 1 is 0.865 bits per heavy atom. The van der Waals surface area contributed by atoms with Crippen LogP contribution in [0.25, 0.3) is 10.9 Å². The third kappa shape index (κ3) is 5.23. The van der Waals surface area contributed by atoms with E-state index in [0.29, 0.717) is 16.5 Å². The van der Waals surface area contributed by atoms with Crippen molar-refractivity contribution in [3.05, 3.63) is 106 Å². The number of nitrogens with two attached hydrogens (primary N) is 1. The van der Waals surface area contributed by atoms with Gasteiger partial charge in [0, 0.05) is 28.8 Å². The van der Waals surface area contributed by atoms with Crippen molar-refractivity contribution >= 4 is 40.0 Å². The summed E-state index contributed by atoms with van der Waals surface area (Å²) in [6.45, 7) is 0. The fraction of sp³-hybridized carbons (Fsp3) is 0.172. The number of fused-ring (bicyclic) bond motifs is 1. The smallest absolute Gasteiger partial charge is 0.343 e. The molecule has 0 aliphatic rings. The quantitative estimate of drug-likeness (QED) is 0.258. The number of hydrogen-bond donors (Lipinski definition) is 1. The van der Waals surface area contributed by atoms with Gasteiger partial charge in [-0.15, -0.1) is 0 Å². The fourth-order valence-electron chi connectivity index (χ4n) is 4.24. The van der Waals surface area contributed by atoms with Gasteiger partial charge in [-0.2, -0.15) is 0 Å². The van der Waals surface area contributed by atoms with Crippen LogP contribution in [0, 0.1) is 0 Å². The average Bonchev–Trinajstić information content (AvgIpc) is 2.91. The SMILES string of the molecule is COC(=O)c1cc2cc(Cl)cc(C(N)(C(=O)Cc3ccccc3)C(=O)Cc3ccccc3)c2nc1OC. The standard InChI is InChI=1S/C29H25ClN2O5/c1-36-27-22(28(35)37-2)16-20-15-21(30)17-23(26(20)32-27)29(31,24(33)13-18-9-5-3-6-10-18)25(34)14-19-11-7-4-8-12-19/h3-12,15-17H,13-14,31H2,1-2H3. The highest BCUT2D eigenvalue weighted by atomic mass is 35.5. The number of carbonyl (C=O) groups excluding carboxylic acids is 3. The molecule has 0 saturated heterocycles. The van der Waals surface area contributed by atoms with Crippen LogP contribution in [0.15, 0.2) is 78.9 Å². The molecule has 0 aliphatic carbocycles. The topological polar surface area (TPSA) is 109 Å². The Bertz CT molecular complexity index is 1420. The van der Waals surface area contributed by atoms with Gasteiger partial charge in [-0.25, -0.2) is 9.78 Å². The van der Waals surface area contributed by atoms with Gasteiger partial charge < -0.3 is 15.2 Å². The largest absolute Gasteiger partial charge is 0.480 e. The molecule has 188 valence electrons. The molecule has 0 radical (unpaired) electrons. The first-order chi connectivity index (χ1) is 17.8. The number of ketones is 2. The van der Waals surface area contributed by atoms with Crippen molar-refractivity contribution in [3.8, 4) is 5.88 Å². The van der Waals surface area contributed by atoms with E-state index < -0.39 is 23.1 Å². The van der Waals surface area contributed by atoms with Gasteiger partial charge in [-0.1, -0.05) is 72.3 Å². The monoisotopic (exact) mass is 516 g/mol. The van der Waals surface area contributed by atoms with Gasteiger partial charge in [0.2, 0.25) is 5.88 Å². The van der Waals surface area contributed by atoms with Gasteiger partial charge in [-0.05, 0) is 29.3 Å². The van der Waals surface area contributed by atoms with Crippen molar-refractivity contribution in [1.82, 2.24) is 4.98 Å². The van der Waals surface area contributed by atoms with Crippen LogP contribution in [0.5, 0.6) is 5.88 Å². The van der Waals surface area contributed by atoms with Gasteiger partial charge >= 0.3 is 5.97 Å². The lowest BCUT2D eigenvalue weighted by Gasteiger charge is -2.29. The van der Waals surface area contributed by atoms with E-state index in [0.717, 1.165) is 0 Å². The molecular weight excluding hydrogens is 492 g/mol. The summed E-state index contributed by atoms with van der Waals surface area (Å²) in [5.41, 5.74) is 6.58. The molecule has 0 atom stereocenters. The summed E-state index contributed by atoms with van der Waals surface area (Å²) in [6.07, 6.45) is -0.160. The Labute approximate surface area is 219 Å². The van der Waals surface area contributed by atoms with Crippen LogP contribution < -0.4 is 10.5 Å². The molecule has 4 aromatic rings. The number of Topliss-reactive ketones (excluding diaryl/α,β-unsaturated/α-hetero) is 2. The second-order valence-electron chi connectivity index (χ2n) is 8.54. The lowest BCUT2D eigenvalue weighted by Crippen LogP contribution is -2.53. The Hall–Kier alpha value is -4.07. The maximum absolute atomic E-state index is 13.9. The zero-order valence-corrected chi connectivity index (χ0v) is 21.1. The Balaban J connectivity index is 1.93. The van der Waals surface area contributed by atoms with E-state index in [-0.39, 0.29) is 40.4 Å². The minimum absolute atomic E-state index is 0.0312. The molecule has 0 bridgehead atoms. The minimum Gasteiger partial charge on any atom is -0.480 e. The lowest BCUT2D eigenvalue weighted by molar-refractivity contribution is -0.134. The predicted octanol–water partition coefficient (Wildman–Crippen LogP) is 4.46. The molecule has 1 aromatic heterocycles. The van der Waals surface area contributed by atoms with Gasteiger partial charge in [0.25, 0.3) is 0 Å². The van der Waals surface area contributed by atoms with E-state index in [4.69, 9.17) is 26.8 Å². The van der Waals surface area contributed by atoms with E-state index >= 15 is 0 Å². The molecule has 0 fully saturated rings. The highest BCUT2D eigenvalue weighted by Crippen LogP contribution is 2.35. The van der Waals surface area contributed by atoms with Crippen molar-refractivity contribution in [1.29, 1.82) is 0 Å². The highest BCUT2D eigenvalue weighted by molar-refractivity contribution is 6.32. The lowest BCUT2D eigenvalue weighted by atomic mass is 9.77. The van der Waals surface area contributed by atoms with Crippen molar-refractivity contribution in [3.63, 3.8) is 0 Å². The zero-order valence-electron chi connectivity index (χ0n) is 20.4. The Morgan fingerprint density at radius 3 is 1.89 bits per heavy atom. The number of ether oxygens (including phenoxy) is 2. The average molecular weight is 517 g/mol. The molecule has 37 heavy (non-hydrogen) atoms. The summed E-state index contributed by atoms with van der Waals surface area (Å²) in [7, 11) is 2.60. The number of hydrogen-bond acceptors (Lipinski definition) is 7. The molecule has 4 rings (SSSR count). The van der Waals surface area contributed by atoms with Crippen molar-refractivity contribution in [2.24, 2.45) is 5.73 Å². The van der Waals surface area contributed by atoms with Gasteiger partial charge in [0.1, 0.15) is 5.56 Å². The predicted molar refractivity (Wildman–Crippen MR) is 141 cm³/mol. The molecular formula is C29H25ClN2O5. The van der Waals surface area contributed by atoms with Crippen LogP contribution >= 0.6 is 11.6 Å². The molecule has 1 heterocycles. The number of nitrogens with zero attached hydrogens (tertiary/aromatic N) is 1. The molecule has 0 spiro atoms. The molecule has 0 saturated carbocycles. The summed E-state index contributed by atoms with van der Waals surface area (Å²) in [5.74, 6) is -1.72. The first kappa shape index (κ1) is 26.0. The zero-order chi connectivity index (χ0) is 26.6. The number of esters is 1. The van der Waals surface area contributed by atoms with Crippen LogP contribution in [0.1, 0.15) is 27.0 Å². The molecule has 0 unspecified atom stereocenters. The molecule has 8 heteroatoms. The van der Waals surface area contributed by atoms with Crippen molar-refractivity contribution in [2.75, 3.05) is 14.2 Å². The minimum atomic E-state index is -2.08. The number of pyridine rings is 1. The Kier molecular flexibility index (Phi) is 7.66.